The Morgan fingerprint density at radius 2 is 1.59 bits per heavy atom. The largest absolute Gasteiger partial charge is 0.355 e. The summed E-state index contributed by atoms with van der Waals surface area (Å²) in [5, 5.41) is 6.76. The Morgan fingerprint density at radius 3 is 2.28 bits per heavy atom. The van der Waals surface area contributed by atoms with Crippen molar-refractivity contribution in [2.45, 2.75) is 25.3 Å². The average Bonchev–Trinajstić information content (AvgIpc) is 3.29. The van der Waals surface area contributed by atoms with Crippen molar-refractivity contribution in [2.75, 3.05) is 13.1 Å². The third-order valence-corrected chi connectivity index (χ3v) is 5.12. The van der Waals surface area contributed by atoms with E-state index in [9.17, 15) is 9.59 Å². The third-order valence-electron chi connectivity index (χ3n) is 5.12. The second-order valence-electron chi connectivity index (χ2n) is 7.15. The summed E-state index contributed by atoms with van der Waals surface area (Å²) in [5.74, 6) is -0.0134. The summed E-state index contributed by atoms with van der Waals surface area (Å²) >= 11 is 0. The van der Waals surface area contributed by atoms with Crippen LogP contribution in [0.5, 0.6) is 0 Å². The van der Waals surface area contributed by atoms with E-state index in [0.29, 0.717) is 5.76 Å². The maximum atomic E-state index is 13.2. The van der Waals surface area contributed by atoms with E-state index in [1.54, 1.807) is 6.07 Å². The number of benzene rings is 2. The van der Waals surface area contributed by atoms with Gasteiger partial charge in [-0.05, 0) is 24.8 Å². The molecule has 0 radical (unpaired) electrons. The van der Waals surface area contributed by atoms with Gasteiger partial charge < -0.3 is 14.7 Å². The van der Waals surface area contributed by atoms with Crippen LogP contribution in [0.1, 0.15) is 41.4 Å². The van der Waals surface area contributed by atoms with Crippen molar-refractivity contribution < 1.29 is 14.1 Å². The molecule has 0 unspecified atom stereocenters. The second kappa shape index (κ2) is 8.73. The van der Waals surface area contributed by atoms with Gasteiger partial charge in [-0.15, -0.1) is 0 Å². The van der Waals surface area contributed by atoms with Crippen molar-refractivity contribution in [3.05, 3.63) is 78.0 Å². The van der Waals surface area contributed by atoms with Crippen LogP contribution in [0.4, 0.5) is 0 Å². The van der Waals surface area contributed by atoms with E-state index in [1.807, 2.05) is 65.6 Å². The fraction of sp³-hybridized carbons (Fsp3) is 0.261. The van der Waals surface area contributed by atoms with E-state index < -0.39 is 11.9 Å². The van der Waals surface area contributed by atoms with E-state index >= 15 is 0 Å². The van der Waals surface area contributed by atoms with Gasteiger partial charge in [0, 0.05) is 24.7 Å². The predicted molar refractivity (Wildman–Crippen MR) is 109 cm³/mol. The molecule has 0 aliphatic carbocycles. The Balaban J connectivity index is 1.55. The highest BCUT2D eigenvalue weighted by atomic mass is 16.5. The minimum absolute atomic E-state index is 0.0870. The molecule has 1 aromatic heterocycles. The summed E-state index contributed by atoms with van der Waals surface area (Å²) in [6, 6.07) is 19.6. The van der Waals surface area contributed by atoms with Crippen LogP contribution in [0.25, 0.3) is 11.3 Å². The number of rotatable bonds is 5. The predicted octanol–water partition coefficient (Wildman–Crippen LogP) is 3.83. The van der Waals surface area contributed by atoms with Crippen LogP contribution in [-0.4, -0.2) is 35.0 Å². The number of nitrogens with zero attached hydrogens (tertiary/aromatic N) is 2. The van der Waals surface area contributed by atoms with Crippen LogP contribution in [0.3, 0.4) is 0 Å². The van der Waals surface area contributed by atoms with E-state index in [1.165, 1.54) is 0 Å². The van der Waals surface area contributed by atoms with Crippen LogP contribution in [-0.2, 0) is 4.79 Å². The topological polar surface area (TPSA) is 75.4 Å². The van der Waals surface area contributed by atoms with E-state index in [2.05, 4.69) is 10.5 Å². The lowest BCUT2D eigenvalue weighted by Crippen LogP contribution is -2.45. The van der Waals surface area contributed by atoms with Gasteiger partial charge in [-0.3, -0.25) is 9.59 Å². The molecule has 1 N–H and O–H groups in total. The summed E-state index contributed by atoms with van der Waals surface area (Å²) < 4.78 is 5.33. The van der Waals surface area contributed by atoms with Crippen molar-refractivity contribution in [2.24, 2.45) is 0 Å². The standard InChI is InChI=1S/C23H23N3O3/c27-22(19-16-20(29-25-19)17-10-4-1-5-11-17)24-21(18-12-6-2-7-13-18)23(28)26-14-8-3-9-15-26/h1-2,4-7,10-13,16,21H,3,8-9,14-15H2,(H,24,27)/t21-/m0/s1. The first-order chi connectivity index (χ1) is 14.2. The maximum absolute atomic E-state index is 13.2. The summed E-state index contributed by atoms with van der Waals surface area (Å²) in [7, 11) is 0. The van der Waals surface area contributed by atoms with Crippen molar-refractivity contribution >= 4 is 11.8 Å². The zero-order valence-corrected chi connectivity index (χ0v) is 16.1. The van der Waals surface area contributed by atoms with Crippen molar-refractivity contribution in [3.8, 4) is 11.3 Å². The third kappa shape index (κ3) is 4.37. The number of likely N-dealkylation sites (tertiary alicyclic amines) is 1. The highest BCUT2D eigenvalue weighted by Gasteiger charge is 2.29. The maximum Gasteiger partial charge on any atom is 0.274 e. The van der Waals surface area contributed by atoms with E-state index in [4.69, 9.17) is 4.52 Å². The van der Waals surface area contributed by atoms with Gasteiger partial charge >= 0.3 is 0 Å². The summed E-state index contributed by atoms with van der Waals surface area (Å²) in [4.78, 5) is 27.8. The molecule has 1 atom stereocenters. The summed E-state index contributed by atoms with van der Waals surface area (Å²) in [6.45, 7) is 1.44. The minimum atomic E-state index is -0.751. The quantitative estimate of drug-likeness (QED) is 0.720. The SMILES string of the molecule is O=C(N[C@H](C(=O)N1CCCCC1)c1ccccc1)c1cc(-c2ccccc2)on1. The fourth-order valence-electron chi connectivity index (χ4n) is 3.56. The van der Waals surface area contributed by atoms with Gasteiger partial charge in [0.05, 0.1) is 0 Å². The van der Waals surface area contributed by atoms with Gasteiger partial charge in [0.25, 0.3) is 5.91 Å². The number of carbonyl (C=O) groups excluding carboxylic acids is 2. The fourth-order valence-corrected chi connectivity index (χ4v) is 3.56. The van der Waals surface area contributed by atoms with Crippen LogP contribution in [0.2, 0.25) is 0 Å². The molecular formula is C23H23N3O3. The van der Waals surface area contributed by atoms with Gasteiger partial charge in [-0.2, -0.15) is 0 Å². The molecule has 0 bridgehead atoms. The molecule has 0 saturated carbocycles. The normalized spacial score (nSPS) is 15.0. The average molecular weight is 389 g/mol. The minimum Gasteiger partial charge on any atom is -0.355 e. The molecule has 6 nitrogen and oxygen atoms in total. The van der Waals surface area contributed by atoms with Crippen LogP contribution >= 0.6 is 0 Å². The van der Waals surface area contributed by atoms with Crippen molar-refractivity contribution in [1.82, 2.24) is 15.4 Å². The lowest BCUT2D eigenvalue weighted by Gasteiger charge is -2.30. The molecule has 4 rings (SSSR count). The molecule has 1 aliphatic heterocycles. The van der Waals surface area contributed by atoms with Crippen molar-refractivity contribution in [1.29, 1.82) is 0 Å². The van der Waals surface area contributed by atoms with Gasteiger partial charge in [-0.25, -0.2) is 0 Å². The van der Waals surface area contributed by atoms with Gasteiger partial charge in [0.2, 0.25) is 5.91 Å². The van der Waals surface area contributed by atoms with Crippen LogP contribution in [0, 0.1) is 0 Å². The summed E-state index contributed by atoms with van der Waals surface area (Å²) in [5.41, 5.74) is 1.74. The molecule has 3 aromatic rings. The van der Waals surface area contributed by atoms with E-state index in [0.717, 1.165) is 43.5 Å². The highest BCUT2D eigenvalue weighted by Crippen LogP contribution is 2.22. The second-order valence-corrected chi connectivity index (χ2v) is 7.15. The molecule has 6 heteroatoms. The monoisotopic (exact) mass is 389 g/mol. The summed E-state index contributed by atoms with van der Waals surface area (Å²) in [6.07, 6.45) is 3.11. The van der Waals surface area contributed by atoms with Crippen LogP contribution in [0.15, 0.2) is 71.3 Å². The Morgan fingerprint density at radius 1 is 0.931 bits per heavy atom. The first kappa shape index (κ1) is 18.9. The zero-order chi connectivity index (χ0) is 20.1. The number of nitrogens with one attached hydrogen (secondary N) is 1. The van der Waals surface area contributed by atoms with Crippen molar-refractivity contribution in [3.63, 3.8) is 0 Å². The first-order valence-electron chi connectivity index (χ1n) is 9.89. The molecule has 148 valence electrons. The highest BCUT2D eigenvalue weighted by molar-refractivity contribution is 5.97. The molecule has 1 aliphatic rings. The number of aromatic nitrogens is 1. The zero-order valence-electron chi connectivity index (χ0n) is 16.1. The van der Waals surface area contributed by atoms with E-state index in [-0.39, 0.29) is 11.6 Å². The molecule has 1 saturated heterocycles. The number of carbonyl (C=O) groups is 2. The first-order valence-corrected chi connectivity index (χ1v) is 9.89. The molecule has 1 fully saturated rings. The smallest absolute Gasteiger partial charge is 0.274 e. The Bertz CT molecular complexity index is 963. The molecular weight excluding hydrogens is 366 g/mol. The molecule has 0 spiro atoms. The lowest BCUT2D eigenvalue weighted by atomic mass is 10.0. The molecule has 2 amide bonds. The molecule has 29 heavy (non-hydrogen) atoms. The Hall–Kier alpha value is -3.41. The Labute approximate surface area is 169 Å². The molecule has 2 aromatic carbocycles. The van der Waals surface area contributed by atoms with Gasteiger partial charge in [0.1, 0.15) is 6.04 Å². The van der Waals surface area contributed by atoms with Crippen LogP contribution < -0.4 is 5.32 Å². The molecule has 2 heterocycles. The number of hydrogen-bond donors (Lipinski definition) is 1. The number of hydrogen-bond acceptors (Lipinski definition) is 4. The number of amides is 2. The van der Waals surface area contributed by atoms with Gasteiger partial charge in [0.15, 0.2) is 11.5 Å². The Kier molecular flexibility index (Phi) is 5.70. The number of piperidine rings is 1. The van der Waals surface area contributed by atoms with Gasteiger partial charge in [-0.1, -0.05) is 65.8 Å². The lowest BCUT2D eigenvalue weighted by molar-refractivity contribution is -0.134.